The van der Waals surface area contributed by atoms with Gasteiger partial charge in [-0.05, 0) is 56.5 Å². The number of likely N-dealkylation sites (N-methyl/N-ethyl adjacent to an activating group) is 1. The fourth-order valence-corrected chi connectivity index (χ4v) is 3.74. The molecule has 1 atom stereocenters. The summed E-state index contributed by atoms with van der Waals surface area (Å²) < 4.78 is 5.56. The molecule has 1 aliphatic carbocycles. The van der Waals surface area contributed by atoms with Crippen molar-refractivity contribution in [2.24, 2.45) is 0 Å². The molecule has 1 heterocycles. The first-order chi connectivity index (χ1) is 9.79. The standard InChI is InChI=1S/C17H26N2O/c1-18-10-5-11-19(13-12-18)16-8-3-7-15-14(16)6-4-9-17(15)20-2/h4,6,9,16H,3,5,7-8,10-13H2,1-2H3. The molecule has 1 aromatic carbocycles. The van der Waals surface area contributed by atoms with Crippen LogP contribution < -0.4 is 4.74 Å². The number of rotatable bonds is 2. The van der Waals surface area contributed by atoms with Crippen LogP contribution in [0.25, 0.3) is 0 Å². The zero-order chi connectivity index (χ0) is 13.9. The van der Waals surface area contributed by atoms with Gasteiger partial charge in [-0.1, -0.05) is 12.1 Å². The van der Waals surface area contributed by atoms with E-state index in [0.29, 0.717) is 6.04 Å². The van der Waals surface area contributed by atoms with E-state index in [0.717, 1.165) is 5.75 Å². The highest BCUT2D eigenvalue weighted by molar-refractivity contribution is 5.43. The molecule has 0 aromatic heterocycles. The summed E-state index contributed by atoms with van der Waals surface area (Å²) in [4.78, 5) is 5.15. The van der Waals surface area contributed by atoms with E-state index in [-0.39, 0.29) is 0 Å². The second-order valence-corrected chi connectivity index (χ2v) is 6.13. The third kappa shape index (κ3) is 2.70. The molecular weight excluding hydrogens is 248 g/mol. The summed E-state index contributed by atoms with van der Waals surface area (Å²) in [5.74, 6) is 1.08. The van der Waals surface area contributed by atoms with Crippen molar-refractivity contribution in [3.8, 4) is 5.75 Å². The van der Waals surface area contributed by atoms with Crippen molar-refractivity contribution in [2.45, 2.75) is 31.7 Å². The maximum Gasteiger partial charge on any atom is 0.122 e. The Morgan fingerprint density at radius 3 is 2.85 bits per heavy atom. The Morgan fingerprint density at radius 2 is 2.00 bits per heavy atom. The summed E-state index contributed by atoms with van der Waals surface area (Å²) in [6.45, 7) is 4.84. The molecule has 0 saturated carbocycles. The Morgan fingerprint density at radius 1 is 1.10 bits per heavy atom. The SMILES string of the molecule is COc1cccc2c1CCCC2N1CCCN(C)CC1. The lowest BCUT2D eigenvalue weighted by Crippen LogP contribution is -2.34. The van der Waals surface area contributed by atoms with Gasteiger partial charge in [0.25, 0.3) is 0 Å². The van der Waals surface area contributed by atoms with Crippen molar-refractivity contribution in [1.82, 2.24) is 9.80 Å². The van der Waals surface area contributed by atoms with Gasteiger partial charge in [-0.15, -0.1) is 0 Å². The molecule has 3 nitrogen and oxygen atoms in total. The van der Waals surface area contributed by atoms with Crippen molar-refractivity contribution in [1.29, 1.82) is 0 Å². The third-order valence-electron chi connectivity index (χ3n) is 4.85. The minimum absolute atomic E-state index is 0.598. The Balaban J connectivity index is 1.86. The zero-order valence-corrected chi connectivity index (χ0v) is 12.8. The van der Waals surface area contributed by atoms with E-state index >= 15 is 0 Å². The highest BCUT2D eigenvalue weighted by Crippen LogP contribution is 2.38. The van der Waals surface area contributed by atoms with Gasteiger partial charge in [0, 0.05) is 25.7 Å². The first-order valence-corrected chi connectivity index (χ1v) is 7.88. The predicted molar refractivity (Wildman–Crippen MR) is 82.4 cm³/mol. The van der Waals surface area contributed by atoms with Crippen LogP contribution in [0, 0.1) is 0 Å². The van der Waals surface area contributed by atoms with E-state index in [4.69, 9.17) is 4.74 Å². The number of benzene rings is 1. The van der Waals surface area contributed by atoms with Crippen LogP contribution in [0.15, 0.2) is 18.2 Å². The molecule has 0 N–H and O–H groups in total. The summed E-state index contributed by atoms with van der Waals surface area (Å²) in [6, 6.07) is 7.17. The van der Waals surface area contributed by atoms with Gasteiger partial charge in [0.05, 0.1) is 7.11 Å². The Bertz CT molecular complexity index is 460. The molecule has 1 saturated heterocycles. The number of hydrogen-bond donors (Lipinski definition) is 0. The van der Waals surface area contributed by atoms with Gasteiger partial charge < -0.3 is 9.64 Å². The van der Waals surface area contributed by atoms with Gasteiger partial charge in [0.2, 0.25) is 0 Å². The highest BCUT2D eigenvalue weighted by atomic mass is 16.5. The molecule has 20 heavy (non-hydrogen) atoms. The fraction of sp³-hybridized carbons (Fsp3) is 0.647. The predicted octanol–water partition coefficient (Wildman–Crippen LogP) is 2.71. The molecule has 0 radical (unpaired) electrons. The van der Waals surface area contributed by atoms with Crippen molar-refractivity contribution in [2.75, 3.05) is 40.3 Å². The van der Waals surface area contributed by atoms with Gasteiger partial charge in [0.15, 0.2) is 0 Å². The average Bonchev–Trinajstić information content (AvgIpc) is 2.70. The average molecular weight is 274 g/mol. The maximum atomic E-state index is 5.56. The lowest BCUT2D eigenvalue weighted by Gasteiger charge is -2.35. The molecule has 1 unspecified atom stereocenters. The smallest absolute Gasteiger partial charge is 0.122 e. The van der Waals surface area contributed by atoms with Gasteiger partial charge in [-0.2, -0.15) is 0 Å². The molecule has 1 aliphatic heterocycles. The van der Waals surface area contributed by atoms with Crippen molar-refractivity contribution in [3.05, 3.63) is 29.3 Å². The van der Waals surface area contributed by atoms with Crippen LogP contribution in [-0.2, 0) is 6.42 Å². The quantitative estimate of drug-likeness (QED) is 0.824. The molecule has 1 aromatic rings. The molecule has 2 aliphatic rings. The van der Waals surface area contributed by atoms with Crippen molar-refractivity contribution in [3.63, 3.8) is 0 Å². The monoisotopic (exact) mass is 274 g/mol. The summed E-state index contributed by atoms with van der Waals surface area (Å²) >= 11 is 0. The molecule has 0 amide bonds. The molecular formula is C17H26N2O. The number of nitrogens with zero attached hydrogens (tertiary/aromatic N) is 2. The summed E-state index contributed by atoms with van der Waals surface area (Å²) in [7, 11) is 4.03. The highest BCUT2D eigenvalue weighted by Gasteiger charge is 2.28. The van der Waals surface area contributed by atoms with Crippen LogP contribution in [0.3, 0.4) is 0 Å². The summed E-state index contributed by atoms with van der Waals surface area (Å²) in [5.41, 5.74) is 2.96. The number of fused-ring (bicyclic) bond motifs is 1. The third-order valence-corrected chi connectivity index (χ3v) is 4.85. The minimum Gasteiger partial charge on any atom is -0.496 e. The largest absolute Gasteiger partial charge is 0.496 e. The summed E-state index contributed by atoms with van der Waals surface area (Å²) in [5, 5.41) is 0. The van der Waals surface area contributed by atoms with E-state index < -0.39 is 0 Å². The van der Waals surface area contributed by atoms with E-state index in [1.165, 1.54) is 63.0 Å². The topological polar surface area (TPSA) is 15.7 Å². The second-order valence-electron chi connectivity index (χ2n) is 6.13. The summed E-state index contributed by atoms with van der Waals surface area (Å²) in [6.07, 6.45) is 5.03. The Labute approximate surface area is 122 Å². The van der Waals surface area contributed by atoms with Crippen LogP contribution in [-0.4, -0.2) is 50.1 Å². The van der Waals surface area contributed by atoms with Crippen LogP contribution >= 0.6 is 0 Å². The minimum atomic E-state index is 0.598. The first-order valence-electron chi connectivity index (χ1n) is 7.88. The van der Waals surface area contributed by atoms with Crippen molar-refractivity contribution >= 4 is 0 Å². The van der Waals surface area contributed by atoms with E-state index in [9.17, 15) is 0 Å². The Hall–Kier alpha value is -1.06. The second kappa shape index (κ2) is 6.15. The maximum absolute atomic E-state index is 5.56. The van der Waals surface area contributed by atoms with Crippen LogP contribution in [0.2, 0.25) is 0 Å². The van der Waals surface area contributed by atoms with Crippen molar-refractivity contribution < 1.29 is 4.74 Å². The van der Waals surface area contributed by atoms with E-state index in [2.05, 4.69) is 35.0 Å². The fourth-order valence-electron chi connectivity index (χ4n) is 3.74. The van der Waals surface area contributed by atoms with Gasteiger partial charge in [-0.25, -0.2) is 0 Å². The Kier molecular flexibility index (Phi) is 4.27. The zero-order valence-electron chi connectivity index (χ0n) is 12.8. The first kappa shape index (κ1) is 13.9. The van der Waals surface area contributed by atoms with E-state index in [1.54, 1.807) is 7.11 Å². The van der Waals surface area contributed by atoms with Crippen LogP contribution in [0.5, 0.6) is 5.75 Å². The molecule has 3 rings (SSSR count). The molecule has 0 spiro atoms. The molecule has 0 bridgehead atoms. The van der Waals surface area contributed by atoms with Crippen LogP contribution in [0.1, 0.15) is 36.4 Å². The van der Waals surface area contributed by atoms with Crippen LogP contribution in [0.4, 0.5) is 0 Å². The van der Waals surface area contributed by atoms with Gasteiger partial charge >= 0.3 is 0 Å². The number of ether oxygens (including phenoxy) is 1. The normalized spacial score (nSPS) is 25.0. The van der Waals surface area contributed by atoms with Gasteiger partial charge in [-0.3, -0.25) is 4.90 Å². The molecule has 3 heteroatoms. The van der Waals surface area contributed by atoms with E-state index in [1.807, 2.05) is 0 Å². The lowest BCUT2D eigenvalue weighted by atomic mass is 9.86. The molecule has 110 valence electrons. The molecule has 1 fully saturated rings. The number of methoxy groups -OCH3 is 1. The van der Waals surface area contributed by atoms with Gasteiger partial charge in [0.1, 0.15) is 5.75 Å². The lowest BCUT2D eigenvalue weighted by molar-refractivity contribution is 0.184. The number of hydrogen-bond acceptors (Lipinski definition) is 3.